The molecule has 1 N–H and O–H groups in total. The maximum Gasteiger partial charge on any atom is 0.335 e. The van der Waals surface area contributed by atoms with E-state index in [1.54, 1.807) is 54.4 Å². The van der Waals surface area contributed by atoms with Crippen LogP contribution in [0.5, 0.6) is 5.88 Å². The van der Waals surface area contributed by atoms with Gasteiger partial charge in [0.25, 0.3) is 0 Å². The van der Waals surface area contributed by atoms with Crippen molar-refractivity contribution < 1.29 is 28.2 Å². The highest BCUT2D eigenvalue weighted by atomic mass is 19.1. The van der Waals surface area contributed by atoms with Crippen molar-refractivity contribution in [2.45, 2.75) is 26.5 Å². The maximum atomic E-state index is 15.8. The number of ether oxygens (including phenoxy) is 2. The molecule has 0 atom stereocenters. The van der Waals surface area contributed by atoms with Crippen LogP contribution < -0.4 is 4.74 Å². The number of nitrogens with zero attached hydrogens (tertiary/aromatic N) is 5. The highest BCUT2D eigenvalue weighted by Crippen LogP contribution is 2.31. The van der Waals surface area contributed by atoms with Crippen molar-refractivity contribution in [1.82, 2.24) is 24.3 Å². The largest absolute Gasteiger partial charge is 0.478 e. The lowest BCUT2D eigenvalue weighted by Gasteiger charge is -2.12. The Hall–Kier alpha value is -5.42. The number of carboxylic acids is 1. The molecule has 11 heteroatoms. The molecule has 9 nitrogen and oxygen atoms in total. The molecule has 0 amide bonds. The molecule has 0 aliphatic heterocycles. The van der Waals surface area contributed by atoms with Gasteiger partial charge in [0, 0.05) is 56.1 Å². The number of fused-ring (bicyclic) bond motifs is 1. The van der Waals surface area contributed by atoms with E-state index in [1.165, 1.54) is 18.2 Å². The van der Waals surface area contributed by atoms with Crippen LogP contribution in [0.1, 0.15) is 32.9 Å². The number of aryl methyl sites for hydroxylation is 2. The topological polar surface area (TPSA) is 104 Å². The number of benzene rings is 3. The quantitative estimate of drug-likeness (QED) is 0.173. The lowest BCUT2D eigenvalue weighted by molar-refractivity contribution is 0.0697. The Balaban J connectivity index is 1.33. The van der Waals surface area contributed by atoms with Gasteiger partial charge in [-0.25, -0.2) is 23.5 Å². The van der Waals surface area contributed by atoms with Crippen LogP contribution in [0.3, 0.4) is 0 Å². The van der Waals surface area contributed by atoms with E-state index >= 15 is 4.39 Å². The van der Waals surface area contributed by atoms with Gasteiger partial charge in [0.1, 0.15) is 24.1 Å². The predicted molar refractivity (Wildman–Crippen MR) is 169 cm³/mol. The summed E-state index contributed by atoms with van der Waals surface area (Å²) in [7, 11) is 3.39. The molecule has 0 radical (unpaired) electrons. The lowest BCUT2D eigenvalue weighted by Crippen LogP contribution is -2.10. The molecule has 3 aromatic carbocycles. The third-order valence-corrected chi connectivity index (χ3v) is 7.71. The Morgan fingerprint density at radius 2 is 1.72 bits per heavy atom. The average Bonchev–Trinajstić information content (AvgIpc) is 3.62. The summed E-state index contributed by atoms with van der Waals surface area (Å²) >= 11 is 0. The van der Waals surface area contributed by atoms with E-state index < -0.39 is 11.8 Å². The molecular formula is C35H31F2N5O4. The van der Waals surface area contributed by atoms with Crippen molar-refractivity contribution in [2.24, 2.45) is 7.05 Å². The van der Waals surface area contributed by atoms with Crippen LogP contribution >= 0.6 is 0 Å². The molecule has 3 heterocycles. The molecule has 0 saturated carbocycles. The second kappa shape index (κ2) is 12.9. The Kier molecular flexibility index (Phi) is 8.58. The number of rotatable bonds is 11. The van der Waals surface area contributed by atoms with Crippen LogP contribution in [-0.4, -0.2) is 49.1 Å². The first-order valence-corrected chi connectivity index (χ1v) is 14.6. The molecule has 0 aliphatic rings. The van der Waals surface area contributed by atoms with Crippen molar-refractivity contribution in [3.05, 3.63) is 119 Å². The summed E-state index contributed by atoms with van der Waals surface area (Å²) in [6.45, 7) is 2.58. The highest BCUT2D eigenvalue weighted by molar-refractivity contribution is 5.92. The molecule has 6 aromatic rings. The first-order valence-electron chi connectivity index (χ1n) is 14.6. The van der Waals surface area contributed by atoms with Crippen LogP contribution in [0.4, 0.5) is 8.78 Å². The molecule has 6 rings (SSSR count). The number of carbonyl (C=O) groups is 1. The number of methoxy groups -OCH3 is 1. The Labute approximate surface area is 263 Å². The van der Waals surface area contributed by atoms with Crippen LogP contribution in [0.15, 0.2) is 79.1 Å². The summed E-state index contributed by atoms with van der Waals surface area (Å²) in [5.74, 6) is -1.02. The molecule has 0 unspecified atom stereocenters. The number of hydrogen-bond donors (Lipinski definition) is 1. The van der Waals surface area contributed by atoms with E-state index in [9.17, 15) is 14.3 Å². The molecular weight excluding hydrogens is 592 g/mol. The minimum Gasteiger partial charge on any atom is -0.478 e. The number of hydrogen-bond acceptors (Lipinski definition) is 6. The van der Waals surface area contributed by atoms with E-state index in [0.29, 0.717) is 52.4 Å². The molecule has 46 heavy (non-hydrogen) atoms. The minimum absolute atomic E-state index is 0.0274. The number of carboxylic acid groups (broad SMARTS) is 1. The normalized spacial score (nSPS) is 11.3. The maximum absolute atomic E-state index is 15.8. The van der Waals surface area contributed by atoms with Gasteiger partial charge in [-0.05, 0) is 60.0 Å². The van der Waals surface area contributed by atoms with Crippen LogP contribution in [0.25, 0.3) is 33.4 Å². The summed E-state index contributed by atoms with van der Waals surface area (Å²) < 4.78 is 45.0. The summed E-state index contributed by atoms with van der Waals surface area (Å²) in [5.41, 5.74) is 5.58. The number of aromatic nitrogens is 5. The van der Waals surface area contributed by atoms with Crippen molar-refractivity contribution in [1.29, 1.82) is 0 Å². The number of aromatic carboxylic acids is 1. The fourth-order valence-corrected chi connectivity index (χ4v) is 5.28. The van der Waals surface area contributed by atoms with E-state index in [0.717, 1.165) is 16.7 Å². The van der Waals surface area contributed by atoms with E-state index in [-0.39, 0.29) is 30.3 Å². The molecule has 234 valence electrons. The Morgan fingerprint density at radius 1 is 0.913 bits per heavy atom. The number of pyridine rings is 1. The molecule has 0 bridgehead atoms. The second-order valence-corrected chi connectivity index (χ2v) is 11.0. The Bertz CT molecular complexity index is 2070. The van der Waals surface area contributed by atoms with Gasteiger partial charge in [-0.15, -0.1) is 0 Å². The fraction of sp³-hybridized carbons (Fsp3) is 0.200. The summed E-state index contributed by atoms with van der Waals surface area (Å²) in [6, 6.07) is 18.1. The second-order valence-electron chi connectivity index (χ2n) is 11.0. The van der Waals surface area contributed by atoms with Crippen LogP contribution in [0, 0.1) is 18.6 Å². The number of halogens is 2. The lowest BCUT2D eigenvalue weighted by atomic mass is 10.0. The van der Waals surface area contributed by atoms with Gasteiger partial charge >= 0.3 is 5.97 Å². The van der Waals surface area contributed by atoms with Gasteiger partial charge in [0.15, 0.2) is 0 Å². The first kappa shape index (κ1) is 30.6. The van der Waals surface area contributed by atoms with E-state index in [2.05, 4.69) is 15.1 Å². The molecule has 3 aromatic heterocycles. The van der Waals surface area contributed by atoms with E-state index in [4.69, 9.17) is 9.47 Å². The predicted octanol–water partition coefficient (Wildman–Crippen LogP) is 6.60. The summed E-state index contributed by atoms with van der Waals surface area (Å²) in [6.07, 6.45) is 3.73. The van der Waals surface area contributed by atoms with Gasteiger partial charge in [-0.1, -0.05) is 24.3 Å². The zero-order valence-corrected chi connectivity index (χ0v) is 25.5. The van der Waals surface area contributed by atoms with Gasteiger partial charge in [0.2, 0.25) is 5.88 Å². The van der Waals surface area contributed by atoms with Gasteiger partial charge in [-0.3, -0.25) is 4.68 Å². The first-order chi connectivity index (χ1) is 22.2. The highest BCUT2D eigenvalue weighted by Gasteiger charge is 2.17. The van der Waals surface area contributed by atoms with Crippen LogP contribution in [0.2, 0.25) is 0 Å². The van der Waals surface area contributed by atoms with Crippen molar-refractivity contribution >= 4 is 17.0 Å². The standard InChI is InChI=1S/C35H31F2N5O4/c1-21-4-5-25(28(36)12-21)20-46-34-17-26(27-18-38-41(2)19-27)14-31(40-34)23-7-6-22(29(37)13-23)16-33-39-30-9-8-24(35(43)44)15-32(30)42(33)10-11-45-3/h4-9,12-15,17-19H,10-11,16,20H2,1-3H3,(H,43,44). The van der Waals surface area contributed by atoms with Gasteiger partial charge in [-0.2, -0.15) is 5.10 Å². The number of imidazole rings is 1. The zero-order chi connectivity index (χ0) is 32.4. The smallest absolute Gasteiger partial charge is 0.335 e. The van der Waals surface area contributed by atoms with Crippen molar-refractivity contribution in [3.63, 3.8) is 0 Å². The zero-order valence-electron chi connectivity index (χ0n) is 25.5. The van der Waals surface area contributed by atoms with Crippen molar-refractivity contribution in [3.8, 4) is 28.3 Å². The monoisotopic (exact) mass is 623 g/mol. The average molecular weight is 624 g/mol. The van der Waals surface area contributed by atoms with Crippen molar-refractivity contribution in [2.75, 3.05) is 13.7 Å². The van der Waals surface area contributed by atoms with E-state index in [1.807, 2.05) is 36.9 Å². The van der Waals surface area contributed by atoms with Crippen LogP contribution in [-0.2, 0) is 31.4 Å². The molecule has 0 fully saturated rings. The SMILES string of the molecule is COCCn1c(Cc2ccc(-c3cc(-c4cnn(C)c4)cc(OCc4ccc(C)cc4F)n3)cc2F)nc2ccc(C(=O)O)cc21. The molecule has 0 spiro atoms. The third kappa shape index (κ3) is 6.50. The Morgan fingerprint density at radius 3 is 2.43 bits per heavy atom. The molecule has 0 saturated heterocycles. The van der Waals surface area contributed by atoms with Gasteiger partial charge < -0.3 is 19.1 Å². The minimum atomic E-state index is -1.04. The fourth-order valence-electron chi connectivity index (χ4n) is 5.28. The summed E-state index contributed by atoms with van der Waals surface area (Å²) in [5, 5.41) is 13.7. The molecule has 0 aliphatic carbocycles. The summed E-state index contributed by atoms with van der Waals surface area (Å²) in [4.78, 5) is 20.9. The third-order valence-electron chi connectivity index (χ3n) is 7.71. The van der Waals surface area contributed by atoms with Gasteiger partial charge in [0.05, 0.1) is 35.1 Å².